The first-order valence-corrected chi connectivity index (χ1v) is 11.3. The van der Waals surface area contributed by atoms with Crippen LogP contribution in [0.25, 0.3) is 0 Å². The molecule has 0 bridgehead atoms. The maximum atomic E-state index is 10.1. The number of aliphatic hydroxyl groups is 1. The van der Waals surface area contributed by atoms with Gasteiger partial charge in [0.1, 0.15) is 0 Å². The maximum Gasteiger partial charge on any atom is 0.0884 e. The number of rotatable bonds is 10. The van der Waals surface area contributed by atoms with E-state index >= 15 is 0 Å². The molecule has 1 heterocycles. The van der Waals surface area contributed by atoms with Gasteiger partial charge in [-0.1, -0.05) is 39.5 Å². The molecule has 0 spiro atoms. The zero-order valence-electron chi connectivity index (χ0n) is 18.6. The van der Waals surface area contributed by atoms with Crippen molar-refractivity contribution in [3.63, 3.8) is 0 Å². The first-order chi connectivity index (χ1) is 13.4. The number of aliphatic hydroxyl groups excluding tert-OH is 1. The molecular formula is C24H43N3O. The van der Waals surface area contributed by atoms with Gasteiger partial charge >= 0.3 is 0 Å². The Morgan fingerprint density at radius 1 is 1.25 bits per heavy atom. The van der Waals surface area contributed by atoms with Gasteiger partial charge < -0.3 is 20.2 Å². The summed E-state index contributed by atoms with van der Waals surface area (Å²) in [5.74, 6) is 1.19. The Balaban J connectivity index is 2.01. The second-order valence-corrected chi connectivity index (χ2v) is 8.88. The molecule has 4 heteroatoms. The molecule has 0 aromatic heterocycles. The summed E-state index contributed by atoms with van der Waals surface area (Å²) in [6, 6.07) is 0.813. The Hall–Kier alpha value is -1.42. The Morgan fingerprint density at radius 3 is 2.61 bits per heavy atom. The van der Waals surface area contributed by atoms with Crippen LogP contribution in [0.1, 0.15) is 65.2 Å². The standard InChI is InChI=1S/C24H43N3O/c1-7-14-27(18(2)16-22-11-8-9-12-23(22)21(5)28)19(3)17-26-15-10-13-24(25-6)20(26)4/h18,22-25,28H,3-5,7-17H2,1-2,6H3/t18?,22?,23?,24-/m0/s1. The molecule has 28 heavy (non-hydrogen) atoms. The Labute approximate surface area is 173 Å². The van der Waals surface area contributed by atoms with Crippen LogP contribution in [0, 0.1) is 11.8 Å². The van der Waals surface area contributed by atoms with E-state index in [1.807, 2.05) is 7.05 Å². The molecule has 160 valence electrons. The second kappa shape index (κ2) is 10.9. The molecule has 1 aliphatic carbocycles. The Bertz CT molecular complexity index is 544. The molecule has 2 N–H and O–H groups in total. The van der Waals surface area contributed by atoms with Crippen LogP contribution in [0.2, 0.25) is 0 Å². The maximum absolute atomic E-state index is 10.1. The van der Waals surface area contributed by atoms with Crippen molar-refractivity contribution in [2.45, 2.75) is 77.3 Å². The lowest BCUT2D eigenvalue weighted by Crippen LogP contribution is -2.45. The average molecular weight is 390 g/mol. The molecule has 1 aliphatic heterocycles. The van der Waals surface area contributed by atoms with Crippen LogP contribution in [0.5, 0.6) is 0 Å². The number of hydrogen-bond acceptors (Lipinski definition) is 4. The van der Waals surface area contributed by atoms with Crippen molar-refractivity contribution in [3.8, 4) is 0 Å². The fourth-order valence-corrected chi connectivity index (χ4v) is 5.24. The van der Waals surface area contributed by atoms with Gasteiger partial charge in [0, 0.05) is 42.5 Å². The van der Waals surface area contributed by atoms with Crippen LogP contribution in [0.15, 0.2) is 36.9 Å². The van der Waals surface area contributed by atoms with Crippen molar-refractivity contribution in [1.29, 1.82) is 0 Å². The first kappa shape index (κ1) is 22.9. The quantitative estimate of drug-likeness (QED) is 0.512. The van der Waals surface area contributed by atoms with Crippen LogP contribution < -0.4 is 5.32 Å². The third-order valence-electron chi connectivity index (χ3n) is 6.83. The number of hydrogen-bond donors (Lipinski definition) is 2. The number of nitrogens with one attached hydrogen (secondary N) is 1. The van der Waals surface area contributed by atoms with Gasteiger partial charge in [0.25, 0.3) is 0 Å². The molecule has 2 aliphatic rings. The SMILES string of the molecule is C=C(O)C1CCCCC1CC(C)N(CCC)C(=C)CN1CCC[C@H](NC)C1=C. The summed E-state index contributed by atoms with van der Waals surface area (Å²) in [6.07, 6.45) is 9.35. The van der Waals surface area contributed by atoms with Crippen LogP contribution in [0.4, 0.5) is 0 Å². The Morgan fingerprint density at radius 2 is 1.96 bits per heavy atom. The minimum Gasteiger partial charge on any atom is -0.513 e. The zero-order valence-corrected chi connectivity index (χ0v) is 18.6. The molecule has 1 saturated heterocycles. The highest BCUT2D eigenvalue weighted by Gasteiger charge is 2.31. The number of allylic oxidation sites excluding steroid dienone is 1. The molecule has 4 nitrogen and oxygen atoms in total. The first-order valence-electron chi connectivity index (χ1n) is 11.3. The topological polar surface area (TPSA) is 38.7 Å². The molecule has 0 aromatic carbocycles. The van der Waals surface area contributed by atoms with Crippen molar-refractivity contribution in [2.24, 2.45) is 11.8 Å². The minimum absolute atomic E-state index is 0.270. The van der Waals surface area contributed by atoms with E-state index in [2.05, 4.69) is 48.7 Å². The van der Waals surface area contributed by atoms with Crippen molar-refractivity contribution >= 4 is 0 Å². The van der Waals surface area contributed by atoms with Gasteiger partial charge in [-0.2, -0.15) is 0 Å². The highest BCUT2D eigenvalue weighted by atomic mass is 16.3. The predicted octanol–water partition coefficient (Wildman–Crippen LogP) is 5.07. The molecule has 0 amide bonds. The van der Waals surface area contributed by atoms with Gasteiger partial charge in [-0.05, 0) is 58.4 Å². The van der Waals surface area contributed by atoms with Gasteiger partial charge in [-0.3, -0.25) is 0 Å². The Kier molecular flexibility index (Phi) is 8.94. The fraction of sp³-hybridized carbons (Fsp3) is 0.750. The lowest BCUT2D eigenvalue weighted by atomic mass is 9.75. The predicted molar refractivity (Wildman–Crippen MR) is 120 cm³/mol. The molecule has 0 radical (unpaired) electrons. The normalized spacial score (nSPS) is 26.8. The van der Waals surface area contributed by atoms with Gasteiger partial charge in [0.15, 0.2) is 0 Å². The van der Waals surface area contributed by atoms with Crippen LogP contribution >= 0.6 is 0 Å². The van der Waals surface area contributed by atoms with Crippen molar-refractivity contribution in [1.82, 2.24) is 15.1 Å². The van der Waals surface area contributed by atoms with E-state index in [1.165, 1.54) is 43.5 Å². The van der Waals surface area contributed by atoms with E-state index in [0.717, 1.165) is 38.9 Å². The summed E-state index contributed by atoms with van der Waals surface area (Å²) in [5.41, 5.74) is 2.39. The van der Waals surface area contributed by atoms with Crippen LogP contribution in [-0.4, -0.2) is 53.7 Å². The fourth-order valence-electron chi connectivity index (χ4n) is 5.24. The zero-order chi connectivity index (χ0) is 20.7. The monoisotopic (exact) mass is 389 g/mol. The van der Waals surface area contributed by atoms with Crippen molar-refractivity contribution < 1.29 is 5.11 Å². The molecule has 3 unspecified atom stereocenters. The second-order valence-electron chi connectivity index (χ2n) is 8.88. The van der Waals surface area contributed by atoms with E-state index in [0.29, 0.717) is 23.8 Å². The third-order valence-corrected chi connectivity index (χ3v) is 6.83. The molecular weight excluding hydrogens is 346 g/mol. The molecule has 0 aromatic rings. The number of piperidine rings is 1. The highest BCUT2D eigenvalue weighted by molar-refractivity contribution is 5.12. The average Bonchev–Trinajstić information content (AvgIpc) is 2.67. The third kappa shape index (κ3) is 5.79. The van der Waals surface area contributed by atoms with Crippen molar-refractivity contribution in [3.05, 3.63) is 36.9 Å². The van der Waals surface area contributed by atoms with Crippen LogP contribution in [0.3, 0.4) is 0 Å². The smallest absolute Gasteiger partial charge is 0.0884 e. The summed E-state index contributed by atoms with van der Waals surface area (Å²) in [7, 11) is 2.02. The lowest BCUT2D eigenvalue weighted by molar-refractivity contribution is 0.143. The minimum atomic E-state index is 0.270. The summed E-state index contributed by atoms with van der Waals surface area (Å²) in [4.78, 5) is 4.91. The lowest BCUT2D eigenvalue weighted by Gasteiger charge is -2.42. The van der Waals surface area contributed by atoms with E-state index in [-0.39, 0.29) is 5.92 Å². The highest BCUT2D eigenvalue weighted by Crippen LogP contribution is 2.37. The molecule has 2 rings (SSSR count). The summed E-state index contributed by atoms with van der Waals surface area (Å²) in [6.45, 7) is 20.2. The van der Waals surface area contributed by atoms with Gasteiger partial charge in [-0.15, -0.1) is 0 Å². The van der Waals surface area contributed by atoms with Gasteiger partial charge in [0.05, 0.1) is 12.3 Å². The number of likely N-dealkylation sites (N-methyl/N-ethyl adjacent to an activating group) is 1. The summed E-state index contributed by atoms with van der Waals surface area (Å²) < 4.78 is 0. The van der Waals surface area contributed by atoms with E-state index in [4.69, 9.17) is 0 Å². The largest absolute Gasteiger partial charge is 0.513 e. The summed E-state index contributed by atoms with van der Waals surface area (Å²) in [5, 5.41) is 13.4. The number of likely N-dealkylation sites (tertiary alicyclic amines) is 1. The molecule has 2 fully saturated rings. The van der Waals surface area contributed by atoms with Gasteiger partial charge in [0.2, 0.25) is 0 Å². The molecule has 4 atom stereocenters. The summed E-state index contributed by atoms with van der Waals surface area (Å²) >= 11 is 0. The van der Waals surface area contributed by atoms with Gasteiger partial charge in [-0.25, -0.2) is 0 Å². The van der Waals surface area contributed by atoms with Crippen molar-refractivity contribution in [2.75, 3.05) is 26.7 Å². The number of nitrogens with zero attached hydrogens (tertiary/aromatic N) is 2. The van der Waals surface area contributed by atoms with E-state index < -0.39 is 0 Å². The van der Waals surface area contributed by atoms with E-state index in [1.54, 1.807) is 0 Å². The molecule has 1 saturated carbocycles. The van der Waals surface area contributed by atoms with E-state index in [9.17, 15) is 5.11 Å². The van der Waals surface area contributed by atoms with Crippen LogP contribution in [-0.2, 0) is 0 Å².